The van der Waals surface area contributed by atoms with E-state index in [1.807, 2.05) is 39.8 Å². The van der Waals surface area contributed by atoms with Gasteiger partial charge in [0.1, 0.15) is 6.61 Å². The number of ether oxygens (including phenoxy) is 2. The number of aromatic nitrogens is 1. The fourth-order valence-electron chi connectivity index (χ4n) is 4.30. The molecule has 0 aliphatic carbocycles. The van der Waals surface area contributed by atoms with Crippen molar-refractivity contribution in [3.05, 3.63) is 62.5 Å². The predicted octanol–water partition coefficient (Wildman–Crippen LogP) is 3.60. The molecule has 0 radical (unpaired) electrons. The highest BCUT2D eigenvalue weighted by Gasteiger charge is 2.47. The van der Waals surface area contributed by atoms with Crippen LogP contribution in [0, 0.1) is 0 Å². The number of halogens is 1. The molecule has 4 rings (SSSR count). The van der Waals surface area contributed by atoms with Gasteiger partial charge >= 0.3 is 0 Å². The first-order valence-electron chi connectivity index (χ1n) is 10.0. The van der Waals surface area contributed by atoms with E-state index in [1.54, 1.807) is 6.20 Å². The Hall–Kier alpha value is -2.12. The highest BCUT2D eigenvalue weighted by atomic mass is 79.9. The van der Waals surface area contributed by atoms with Gasteiger partial charge in [-0.15, -0.1) is 0 Å². The van der Waals surface area contributed by atoms with E-state index in [0.29, 0.717) is 36.5 Å². The van der Waals surface area contributed by atoms with Crippen molar-refractivity contribution in [1.82, 2.24) is 9.47 Å². The standard InChI is InChI=1S/C22H25BrN2O4/c1-2-10-25-21(27)18-20(29-14-16-6-4-3-5-7-16)19(26)17(23)13-24(18)15-22(25)8-11-28-12-9-22/h3-7,13H,2,8-12,14-15H2,1H3. The molecule has 1 aromatic heterocycles. The minimum Gasteiger partial charge on any atom is -0.483 e. The van der Waals surface area contributed by atoms with Crippen LogP contribution in [0.3, 0.4) is 0 Å². The van der Waals surface area contributed by atoms with E-state index in [0.717, 1.165) is 24.8 Å². The topological polar surface area (TPSA) is 60.8 Å². The van der Waals surface area contributed by atoms with Crippen LogP contribution in [0.15, 0.2) is 45.8 Å². The summed E-state index contributed by atoms with van der Waals surface area (Å²) in [7, 11) is 0. The third-order valence-electron chi connectivity index (χ3n) is 5.78. The summed E-state index contributed by atoms with van der Waals surface area (Å²) in [5.41, 5.74) is 0.726. The summed E-state index contributed by atoms with van der Waals surface area (Å²) >= 11 is 3.37. The van der Waals surface area contributed by atoms with Crippen LogP contribution < -0.4 is 10.2 Å². The van der Waals surface area contributed by atoms with Crippen molar-refractivity contribution in [3.8, 4) is 5.75 Å². The molecule has 154 valence electrons. The number of amides is 1. The first-order valence-corrected chi connectivity index (χ1v) is 10.8. The van der Waals surface area contributed by atoms with Gasteiger partial charge in [-0.2, -0.15) is 0 Å². The van der Waals surface area contributed by atoms with E-state index >= 15 is 0 Å². The molecule has 2 aromatic rings. The lowest BCUT2D eigenvalue weighted by atomic mass is 9.85. The van der Waals surface area contributed by atoms with Crippen molar-refractivity contribution >= 4 is 21.8 Å². The number of rotatable bonds is 5. The minimum absolute atomic E-state index is 0.122. The number of pyridine rings is 1. The second-order valence-electron chi connectivity index (χ2n) is 7.68. The Bertz CT molecular complexity index is 951. The van der Waals surface area contributed by atoms with Crippen LogP contribution in [0.2, 0.25) is 0 Å². The van der Waals surface area contributed by atoms with E-state index in [-0.39, 0.29) is 29.2 Å². The Morgan fingerprint density at radius 2 is 1.90 bits per heavy atom. The second-order valence-corrected chi connectivity index (χ2v) is 8.53. The Kier molecular flexibility index (Phi) is 5.79. The monoisotopic (exact) mass is 460 g/mol. The maximum Gasteiger partial charge on any atom is 0.275 e. The molecule has 1 spiro atoms. The molecule has 1 saturated heterocycles. The number of carbonyl (C=O) groups is 1. The Morgan fingerprint density at radius 3 is 2.59 bits per heavy atom. The summed E-state index contributed by atoms with van der Waals surface area (Å²) in [5, 5.41) is 0. The van der Waals surface area contributed by atoms with Gasteiger partial charge in [0.05, 0.1) is 10.0 Å². The number of nitrogens with zero attached hydrogens (tertiary/aromatic N) is 2. The Balaban J connectivity index is 1.76. The van der Waals surface area contributed by atoms with Crippen LogP contribution in [0.5, 0.6) is 5.75 Å². The van der Waals surface area contributed by atoms with Gasteiger partial charge in [-0.05, 0) is 40.8 Å². The molecular formula is C22H25BrN2O4. The van der Waals surface area contributed by atoms with Crippen molar-refractivity contribution < 1.29 is 14.3 Å². The molecule has 0 saturated carbocycles. The lowest BCUT2D eigenvalue weighted by molar-refractivity contribution is -0.0359. The van der Waals surface area contributed by atoms with E-state index in [2.05, 4.69) is 22.9 Å². The van der Waals surface area contributed by atoms with Gasteiger partial charge in [0.2, 0.25) is 5.43 Å². The number of benzene rings is 1. The first-order chi connectivity index (χ1) is 14.1. The van der Waals surface area contributed by atoms with Crippen molar-refractivity contribution in [3.63, 3.8) is 0 Å². The third-order valence-corrected chi connectivity index (χ3v) is 6.34. The van der Waals surface area contributed by atoms with E-state index in [4.69, 9.17) is 9.47 Å². The molecule has 29 heavy (non-hydrogen) atoms. The molecule has 1 aromatic carbocycles. The molecule has 1 amide bonds. The molecule has 0 bridgehead atoms. The molecule has 0 unspecified atom stereocenters. The van der Waals surface area contributed by atoms with Crippen LogP contribution in [0.1, 0.15) is 42.2 Å². The average molecular weight is 461 g/mol. The molecule has 3 heterocycles. The molecule has 0 atom stereocenters. The van der Waals surface area contributed by atoms with Gasteiger partial charge in [0.25, 0.3) is 5.91 Å². The summed E-state index contributed by atoms with van der Waals surface area (Å²) in [6.45, 7) is 4.87. The normalized spacial score (nSPS) is 18.0. The van der Waals surface area contributed by atoms with Crippen LogP contribution in [-0.2, 0) is 17.9 Å². The lowest BCUT2D eigenvalue weighted by Gasteiger charge is -2.50. The second kappa shape index (κ2) is 8.32. The molecule has 6 nitrogen and oxygen atoms in total. The fourth-order valence-corrected chi connectivity index (χ4v) is 4.73. The van der Waals surface area contributed by atoms with Crippen molar-refractivity contribution in [2.75, 3.05) is 19.8 Å². The van der Waals surface area contributed by atoms with Crippen LogP contribution >= 0.6 is 15.9 Å². The predicted molar refractivity (Wildman–Crippen MR) is 113 cm³/mol. The summed E-state index contributed by atoms with van der Waals surface area (Å²) in [6.07, 6.45) is 4.17. The van der Waals surface area contributed by atoms with Crippen LogP contribution in [0.25, 0.3) is 0 Å². The van der Waals surface area contributed by atoms with Crippen LogP contribution in [-0.4, -0.2) is 40.7 Å². The van der Waals surface area contributed by atoms with Gasteiger partial charge in [-0.3, -0.25) is 9.59 Å². The highest BCUT2D eigenvalue weighted by molar-refractivity contribution is 9.10. The summed E-state index contributed by atoms with van der Waals surface area (Å²) in [5.74, 6) is -0.0103. The van der Waals surface area contributed by atoms with E-state index in [1.165, 1.54) is 0 Å². The van der Waals surface area contributed by atoms with E-state index < -0.39 is 0 Å². The maximum atomic E-state index is 13.6. The van der Waals surface area contributed by atoms with Gasteiger partial charge in [-0.1, -0.05) is 37.3 Å². The largest absolute Gasteiger partial charge is 0.483 e. The zero-order valence-corrected chi connectivity index (χ0v) is 18.1. The minimum atomic E-state index is -0.292. The van der Waals surface area contributed by atoms with Gasteiger partial charge in [0.15, 0.2) is 11.4 Å². The third kappa shape index (κ3) is 3.73. The Morgan fingerprint density at radius 1 is 1.17 bits per heavy atom. The fraction of sp³-hybridized carbons (Fsp3) is 0.455. The SMILES string of the molecule is CCCN1C(=O)c2c(OCc3ccccc3)c(=O)c(Br)cn2CC12CCOCC2. The lowest BCUT2D eigenvalue weighted by Crippen LogP contribution is -2.61. The van der Waals surface area contributed by atoms with Crippen LogP contribution in [0.4, 0.5) is 0 Å². The van der Waals surface area contributed by atoms with E-state index in [9.17, 15) is 9.59 Å². The molecular weight excluding hydrogens is 436 g/mol. The molecule has 1 fully saturated rings. The van der Waals surface area contributed by atoms with Crippen molar-refractivity contribution in [2.45, 2.75) is 44.9 Å². The number of hydrogen-bond donors (Lipinski definition) is 0. The van der Waals surface area contributed by atoms with Gasteiger partial charge in [0, 0.05) is 32.5 Å². The quantitative estimate of drug-likeness (QED) is 0.683. The molecule has 0 N–H and O–H groups in total. The van der Waals surface area contributed by atoms with Crippen molar-refractivity contribution in [2.24, 2.45) is 0 Å². The highest BCUT2D eigenvalue weighted by Crippen LogP contribution is 2.37. The summed E-state index contributed by atoms with van der Waals surface area (Å²) in [6, 6.07) is 9.64. The molecule has 7 heteroatoms. The Labute approximate surface area is 178 Å². The van der Waals surface area contributed by atoms with Gasteiger partial charge in [-0.25, -0.2) is 0 Å². The van der Waals surface area contributed by atoms with Crippen molar-refractivity contribution in [1.29, 1.82) is 0 Å². The smallest absolute Gasteiger partial charge is 0.275 e. The van der Waals surface area contributed by atoms with Gasteiger partial charge < -0.3 is 18.9 Å². The first kappa shape index (κ1) is 20.2. The number of hydrogen-bond acceptors (Lipinski definition) is 4. The number of carbonyl (C=O) groups excluding carboxylic acids is 1. The maximum absolute atomic E-state index is 13.6. The zero-order chi connectivity index (χ0) is 20.4. The summed E-state index contributed by atoms with van der Waals surface area (Å²) < 4.78 is 13.8. The summed E-state index contributed by atoms with van der Waals surface area (Å²) in [4.78, 5) is 28.4. The zero-order valence-electron chi connectivity index (χ0n) is 16.5. The molecule has 2 aliphatic rings. The molecule has 2 aliphatic heterocycles. The average Bonchev–Trinajstić information content (AvgIpc) is 2.73. The number of fused-ring (bicyclic) bond motifs is 1.